The minimum atomic E-state index is -0.316. The molecule has 3 nitrogen and oxygen atoms in total. The highest BCUT2D eigenvalue weighted by Crippen LogP contribution is 2.22. The SMILES string of the molecule is Cc1cc(CC(C)N)nc(-c2cc(F)cc(Br)c2)n1. The molecule has 0 aliphatic heterocycles. The zero-order valence-corrected chi connectivity index (χ0v) is 12.4. The van der Waals surface area contributed by atoms with E-state index in [1.807, 2.05) is 19.9 Å². The first-order valence-corrected chi connectivity index (χ1v) is 6.80. The van der Waals surface area contributed by atoms with Crippen LogP contribution in [0.1, 0.15) is 18.3 Å². The molecule has 0 radical (unpaired) electrons. The summed E-state index contributed by atoms with van der Waals surface area (Å²) in [7, 11) is 0. The van der Waals surface area contributed by atoms with Gasteiger partial charge >= 0.3 is 0 Å². The van der Waals surface area contributed by atoms with E-state index in [9.17, 15) is 4.39 Å². The standard InChI is InChI=1S/C14H15BrFN3/c1-8(17)3-13-4-9(2)18-14(19-13)10-5-11(15)7-12(16)6-10/h4-8H,3,17H2,1-2H3. The van der Waals surface area contributed by atoms with Crippen LogP contribution in [0.4, 0.5) is 4.39 Å². The molecule has 19 heavy (non-hydrogen) atoms. The number of aromatic nitrogens is 2. The molecule has 0 saturated heterocycles. The second-order valence-electron chi connectivity index (χ2n) is 4.66. The molecule has 1 atom stereocenters. The van der Waals surface area contributed by atoms with Gasteiger partial charge in [0.05, 0.1) is 0 Å². The fourth-order valence-corrected chi connectivity index (χ4v) is 2.35. The van der Waals surface area contributed by atoms with Gasteiger partial charge in [0.25, 0.3) is 0 Å². The van der Waals surface area contributed by atoms with Crippen LogP contribution >= 0.6 is 15.9 Å². The molecule has 2 N–H and O–H groups in total. The lowest BCUT2D eigenvalue weighted by Crippen LogP contribution is -2.19. The lowest BCUT2D eigenvalue weighted by Gasteiger charge is -2.08. The number of nitrogens with zero attached hydrogens (tertiary/aromatic N) is 2. The van der Waals surface area contributed by atoms with E-state index in [0.29, 0.717) is 22.3 Å². The van der Waals surface area contributed by atoms with E-state index < -0.39 is 0 Å². The van der Waals surface area contributed by atoms with E-state index in [1.165, 1.54) is 12.1 Å². The third-order valence-corrected chi connectivity index (χ3v) is 3.02. The zero-order valence-electron chi connectivity index (χ0n) is 10.8. The highest BCUT2D eigenvalue weighted by Gasteiger charge is 2.08. The second kappa shape index (κ2) is 5.75. The topological polar surface area (TPSA) is 51.8 Å². The van der Waals surface area contributed by atoms with Gasteiger partial charge in [0.1, 0.15) is 5.82 Å². The van der Waals surface area contributed by atoms with Crippen molar-refractivity contribution in [3.63, 3.8) is 0 Å². The van der Waals surface area contributed by atoms with Crippen molar-refractivity contribution in [3.05, 3.63) is 45.9 Å². The van der Waals surface area contributed by atoms with Crippen LogP contribution in [-0.4, -0.2) is 16.0 Å². The molecule has 0 bridgehead atoms. The predicted octanol–water partition coefficient (Wildman–Crippen LogP) is 3.24. The smallest absolute Gasteiger partial charge is 0.159 e. The van der Waals surface area contributed by atoms with Gasteiger partial charge < -0.3 is 5.73 Å². The molecule has 2 rings (SSSR count). The monoisotopic (exact) mass is 323 g/mol. The van der Waals surface area contributed by atoms with Crippen LogP contribution in [0.5, 0.6) is 0 Å². The van der Waals surface area contributed by atoms with E-state index in [1.54, 1.807) is 6.07 Å². The summed E-state index contributed by atoms with van der Waals surface area (Å²) in [6.07, 6.45) is 0.673. The van der Waals surface area contributed by atoms with Crippen LogP contribution in [0.15, 0.2) is 28.7 Å². The highest BCUT2D eigenvalue weighted by atomic mass is 79.9. The lowest BCUT2D eigenvalue weighted by molar-refractivity contribution is 0.627. The third kappa shape index (κ3) is 3.81. The molecule has 1 heterocycles. The second-order valence-corrected chi connectivity index (χ2v) is 5.58. The maximum absolute atomic E-state index is 13.4. The molecular weight excluding hydrogens is 309 g/mol. The number of hydrogen-bond acceptors (Lipinski definition) is 3. The van der Waals surface area contributed by atoms with Crippen molar-refractivity contribution in [1.82, 2.24) is 9.97 Å². The van der Waals surface area contributed by atoms with Crippen molar-refractivity contribution >= 4 is 15.9 Å². The van der Waals surface area contributed by atoms with Gasteiger partial charge in [-0.3, -0.25) is 0 Å². The summed E-state index contributed by atoms with van der Waals surface area (Å²) >= 11 is 3.27. The first-order chi connectivity index (χ1) is 8.94. The number of rotatable bonds is 3. The minimum Gasteiger partial charge on any atom is -0.328 e. The molecule has 0 amide bonds. The fourth-order valence-electron chi connectivity index (χ4n) is 1.88. The van der Waals surface area contributed by atoms with E-state index in [0.717, 1.165) is 11.4 Å². The van der Waals surface area contributed by atoms with Crippen molar-refractivity contribution in [3.8, 4) is 11.4 Å². The Morgan fingerprint density at radius 2 is 2.00 bits per heavy atom. The molecule has 1 unspecified atom stereocenters. The molecule has 0 spiro atoms. The predicted molar refractivity (Wildman–Crippen MR) is 77.2 cm³/mol. The van der Waals surface area contributed by atoms with Crippen molar-refractivity contribution in [2.75, 3.05) is 0 Å². The van der Waals surface area contributed by atoms with Crippen molar-refractivity contribution in [2.24, 2.45) is 5.73 Å². The van der Waals surface area contributed by atoms with Gasteiger partial charge in [0.2, 0.25) is 0 Å². The van der Waals surface area contributed by atoms with Crippen LogP contribution in [0.3, 0.4) is 0 Å². The number of halogens is 2. The Hall–Kier alpha value is -1.33. The van der Waals surface area contributed by atoms with Crippen LogP contribution in [0.2, 0.25) is 0 Å². The van der Waals surface area contributed by atoms with Gasteiger partial charge in [0.15, 0.2) is 5.82 Å². The van der Waals surface area contributed by atoms with Crippen LogP contribution in [0.25, 0.3) is 11.4 Å². The largest absolute Gasteiger partial charge is 0.328 e. The van der Waals surface area contributed by atoms with Crippen LogP contribution < -0.4 is 5.73 Å². The summed E-state index contributed by atoms with van der Waals surface area (Å²) in [5.41, 5.74) is 8.16. The normalized spacial score (nSPS) is 12.5. The minimum absolute atomic E-state index is 0.0291. The molecule has 1 aromatic heterocycles. The Morgan fingerprint density at radius 3 is 2.63 bits per heavy atom. The summed E-state index contributed by atoms with van der Waals surface area (Å²) in [4.78, 5) is 8.80. The zero-order chi connectivity index (χ0) is 14.0. The van der Waals surface area contributed by atoms with Gasteiger partial charge in [-0.2, -0.15) is 0 Å². The first kappa shape index (κ1) is 14.1. The molecule has 2 aromatic rings. The molecule has 100 valence electrons. The number of hydrogen-bond donors (Lipinski definition) is 1. The fraction of sp³-hybridized carbons (Fsp3) is 0.286. The molecule has 0 fully saturated rings. The molecule has 1 aromatic carbocycles. The lowest BCUT2D eigenvalue weighted by atomic mass is 10.1. The van der Waals surface area contributed by atoms with E-state index >= 15 is 0 Å². The molecule has 5 heteroatoms. The molecule has 0 aliphatic carbocycles. The maximum atomic E-state index is 13.4. The summed E-state index contributed by atoms with van der Waals surface area (Å²) < 4.78 is 14.1. The Labute approximate surface area is 120 Å². The Morgan fingerprint density at radius 1 is 1.26 bits per heavy atom. The van der Waals surface area contributed by atoms with Gasteiger partial charge in [-0.05, 0) is 38.1 Å². The van der Waals surface area contributed by atoms with Crippen LogP contribution in [0, 0.1) is 12.7 Å². The molecular formula is C14H15BrFN3. The van der Waals surface area contributed by atoms with Gasteiger partial charge in [-0.1, -0.05) is 15.9 Å². The molecule has 0 saturated carbocycles. The van der Waals surface area contributed by atoms with E-state index in [-0.39, 0.29) is 11.9 Å². The number of nitrogens with two attached hydrogens (primary N) is 1. The number of benzene rings is 1. The van der Waals surface area contributed by atoms with Gasteiger partial charge in [-0.15, -0.1) is 0 Å². The highest BCUT2D eigenvalue weighted by molar-refractivity contribution is 9.10. The van der Waals surface area contributed by atoms with Crippen LogP contribution in [-0.2, 0) is 6.42 Å². The number of aryl methyl sites for hydroxylation is 1. The van der Waals surface area contributed by atoms with Crippen molar-refractivity contribution in [1.29, 1.82) is 0 Å². The van der Waals surface area contributed by atoms with Crippen molar-refractivity contribution < 1.29 is 4.39 Å². The third-order valence-electron chi connectivity index (χ3n) is 2.56. The van der Waals surface area contributed by atoms with E-state index in [2.05, 4.69) is 25.9 Å². The maximum Gasteiger partial charge on any atom is 0.159 e. The van der Waals surface area contributed by atoms with Gasteiger partial charge in [0, 0.05) is 33.9 Å². The summed E-state index contributed by atoms with van der Waals surface area (Å²) in [6, 6.07) is 6.56. The summed E-state index contributed by atoms with van der Waals surface area (Å²) in [6.45, 7) is 3.82. The summed E-state index contributed by atoms with van der Waals surface area (Å²) in [5.74, 6) is 0.207. The van der Waals surface area contributed by atoms with Crippen molar-refractivity contribution in [2.45, 2.75) is 26.3 Å². The summed E-state index contributed by atoms with van der Waals surface area (Å²) in [5, 5.41) is 0. The first-order valence-electron chi connectivity index (χ1n) is 6.00. The van der Waals surface area contributed by atoms with E-state index in [4.69, 9.17) is 5.73 Å². The average Bonchev–Trinajstić information content (AvgIpc) is 2.25. The molecule has 0 aliphatic rings. The quantitative estimate of drug-likeness (QED) is 0.943. The Kier molecular flexibility index (Phi) is 4.27. The Bertz CT molecular complexity index is 579. The average molecular weight is 324 g/mol. The Balaban J connectivity index is 2.46. The van der Waals surface area contributed by atoms with Gasteiger partial charge in [-0.25, -0.2) is 14.4 Å².